The fraction of sp³-hybridized carbons (Fsp3) is 0.182. The Morgan fingerprint density at radius 3 is 2.34 bits per heavy atom. The minimum Gasteiger partial charge on any atom is -0.345 e. The Morgan fingerprint density at radius 1 is 0.897 bits per heavy atom. The normalized spacial score (nSPS) is 10.3. The summed E-state index contributed by atoms with van der Waals surface area (Å²) in [4.78, 5) is 36.5. The lowest BCUT2D eigenvalue weighted by molar-refractivity contribution is 0.0827. The van der Waals surface area contributed by atoms with E-state index in [0.717, 1.165) is 11.1 Å². The number of benzene rings is 1. The summed E-state index contributed by atoms with van der Waals surface area (Å²) in [5.74, 6) is -0.120. The first-order chi connectivity index (χ1) is 14.0. The molecule has 0 radical (unpaired) electrons. The van der Waals surface area contributed by atoms with Gasteiger partial charge in [0, 0.05) is 63.2 Å². The number of anilines is 1. The molecule has 7 nitrogen and oxygen atoms in total. The molecular formula is C22H23N5O2. The van der Waals surface area contributed by atoms with Gasteiger partial charge >= 0.3 is 6.03 Å². The number of carbonyl (C=O) groups is 2. The lowest BCUT2D eigenvalue weighted by Crippen LogP contribution is -2.34. The molecule has 0 saturated carbocycles. The largest absolute Gasteiger partial charge is 0.345 e. The third-order valence-corrected chi connectivity index (χ3v) is 4.27. The summed E-state index contributed by atoms with van der Waals surface area (Å²) in [5, 5.41) is 2.90. The van der Waals surface area contributed by atoms with Crippen molar-refractivity contribution in [3.05, 3.63) is 90.0 Å². The maximum Gasteiger partial charge on any atom is 0.322 e. The van der Waals surface area contributed by atoms with Crippen LogP contribution in [0.4, 0.5) is 10.5 Å². The van der Waals surface area contributed by atoms with Crippen molar-refractivity contribution in [2.75, 3.05) is 19.4 Å². The average Bonchev–Trinajstić information content (AvgIpc) is 2.74. The lowest BCUT2D eigenvalue weighted by atomic mass is 10.2. The summed E-state index contributed by atoms with van der Waals surface area (Å²) in [6, 6.07) is 14.2. The number of amides is 3. The van der Waals surface area contributed by atoms with Gasteiger partial charge in [-0.05, 0) is 47.5 Å². The Bertz CT molecular complexity index is 920. The molecule has 29 heavy (non-hydrogen) atoms. The molecule has 1 aromatic carbocycles. The number of nitrogens with one attached hydrogen (secondary N) is 1. The smallest absolute Gasteiger partial charge is 0.322 e. The van der Waals surface area contributed by atoms with Crippen LogP contribution in [0.1, 0.15) is 21.5 Å². The molecule has 0 spiro atoms. The minimum absolute atomic E-state index is 0.120. The highest BCUT2D eigenvalue weighted by atomic mass is 16.2. The Kier molecular flexibility index (Phi) is 6.52. The van der Waals surface area contributed by atoms with E-state index in [1.165, 1.54) is 4.90 Å². The van der Waals surface area contributed by atoms with Crippen molar-refractivity contribution in [3.8, 4) is 0 Å². The second-order valence-corrected chi connectivity index (χ2v) is 6.78. The van der Waals surface area contributed by atoms with Gasteiger partial charge in [0.05, 0.1) is 0 Å². The molecule has 0 aliphatic heterocycles. The molecule has 0 bridgehead atoms. The number of nitrogens with zero attached hydrogens (tertiary/aromatic N) is 4. The van der Waals surface area contributed by atoms with Crippen LogP contribution in [-0.4, -0.2) is 45.8 Å². The van der Waals surface area contributed by atoms with Gasteiger partial charge in [-0.25, -0.2) is 4.79 Å². The standard InChI is InChI=1S/C22H23N5O2/c1-26(2)21(28)19-6-3-7-20(13-19)25-22(29)27(15-17-8-11-23-12-9-17)16-18-5-4-10-24-14-18/h3-14H,15-16H2,1-2H3,(H,25,29). The van der Waals surface area contributed by atoms with E-state index in [1.807, 2.05) is 24.3 Å². The maximum atomic E-state index is 13.0. The molecule has 7 heteroatoms. The van der Waals surface area contributed by atoms with Crippen LogP contribution in [0.3, 0.4) is 0 Å². The molecule has 0 aliphatic carbocycles. The topological polar surface area (TPSA) is 78.4 Å². The van der Waals surface area contributed by atoms with Gasteiger partial charge in [-0.15, -0.1) is 0 Å². The van der Waals surface area contributed by atoms with E-state index in [4.69, 9.17) is 0 Å². The van der Waals surface area contributed by atoms with E-state index < -0.39 is 0 Å². The molecule has 3 rings (SSSR count). The van der Waals surface area contributed by atoms with Gasteiger partial charge in [0.15, 0.2) is 0 Å². The monoisotopic (exact) mass is 389 g/mol. The molecule has 148 valence electrons. The molecule has 3 amide bonds. The fourth-order valence-corrected chi connectivity index (χ4v) is 2.81. The summed E-state index contributed by atoms with van der Waals surface area (Å²) in [7, 11) is 3.38. The third-order valence-electron chi connectivity index (χ3n) is 4.27. The number of pyridine rings is 2. The van der Waals surface area contributed by atoms with Crippen LogP contribution in [0.25, 0.3) is 0 Å². The number of hydrogen-bond donors (Lipinski definition) is 1. The van der Waals surface area contributed by atoms with Crippen LogP contribution in [-0.2, 0) is 13.1 Å². The van der Waals surface area contributed by atoms with Crippen molar-refractivity contribution >= 4 is 17.6 Å². The van der Waals surface area contributed by atoms with E-state index in [9.17, 15) is 9.59 Å². The van der Waals surface area contributed by atoms with Crippen molar-refractivity contribution in [2.24, 2.45) is 0 Å². The Balaban J connectivity index is 1.79. The van der Waals surface area contributed by atoms with E-state index in [2.05, 4.69) is 15.3 Å². The van der Waals surface area contributed by atoms with Crippen LogP contribution < -0.4 is 5.32 Å². The molecule has 0 atom stereocenters. The number of aromatic nitrogens is 2. The molecule has 3 aromatic rings. The molecule has 1 N–H and O–H groups in total. The molecule has 0 saturated heterocycles. The van der Waals surface area contributed by atoms with Crippen LogP contribution in [0.2, 0.25) is 0 Å². The van der Waals surface area contributed by atoms with E-state index in [1.54, 1.807) is 68.0 Å². The number of carbonyl (C=O) groups excluding carboxylic acids is 2. The summed E-state index contributed by atoms with van der Waals surface area (Å²) >= 11 is 0. The van der Waals surface area contributed by atoms with Gasteiger partial charge in [0.2, 0.25) is 0 Å². The Hall–Kier alpha value is -3.74. The van der Waals surface area contributed by atoms with Crippen LogP contribution in [0.15, 0.2) is 73.3 Å². The summed E-state index contributed by atoms with van der Waals surface area (Å²) in [6.45, 7) is 0.817. The number of hydrogen-bond acceptors (Lipinski definition) is 4. The van der Waals surface area contributed by atoms with Crippen molar-refractivity contribution in [3.63, 3.8) is 0 Å². The summed E-state index contributed by atoms with van der Waals surface area (Å²) in [5.41, 5.74) is 2.97. The van der Waals surface area contributed by atoms with Crippen LogP contribution in [0.5, 0.6) is 0 Å². The first-order valence-corrected chi connectivity index (χ1v) is 9.18. The minimum atomic E-state index is -0.264. The molecule has 0 aliphatic rings. The molecule has 2 aromatic heterocycles. The van der Waals surface area contributed by atoms with Gasteiger partial charge in [0.1, 0.15) is 0 Å². The van der Waals surface area contributed by atoms with Gasteiger partial charge in [-0.3, -0.25) is 14.8 Å². The highest BCUT2D eigenvalue weighted by molar-refractivity contribution is 5.96. The van der Waals surface area contributed by atoms with Gasteiger partial charge in [-0.2, -0.15) is 0 Å². The zero-order chi connectivity index (χ0) is 20.6. The molecule has 2 heterocycles. The molecule has 0 unspecified atom stereocenters. The lowest BCUT2D eigenvalue weighted by Gasteiger charge is -2.23. The summed E-state index contributed by atoms with van der Waals surface area (Å²) < 4.78 is 0. The van der Waals surface area contributed by atoms with Crippen molar-refractivity contribution in [2.45, 2.75) is 13.1 Å². The van der Waals surface area contributed by atoms with Gasteiger partial charge in [0.25, 0.3) is 5.91 Å². The Morgan fingerprint density at radius 2 is 1.66 bits per heavy atom. The molecule has 0 fully saturated rings. The van der Waals surface area contributed by atoms with Crippen LogP contribution >= 0.6 is 0 Å². The van der Waals surface area contributed by atoms with Crippen molar-refractivity contribution < 1.29 is 9.59 Å². The van der Waals surface area contributed by atoms with E-state index in [0.29, 0.717) is 24.3 Å². The highest BCUT2D eigenvalue weighted by Gasteiger charge is 2.16. The summed E-state index contributed by atoms with van der Waals surface area (Å²) in [6.07, 6.45) is 6.84. The predicted octanol–water partition coefficient (Wildman–Crippen LogP) is 3.41. The first-order valence-electron chi connectivity index (χ1n) is 9.18. The maximum absolute atomic E-state index is 13.0. The average molecular weight is 389 g/mol. The Labute approximate surface area is 170 Å². The number of rotatable bonds is 6. The first kappa shape index (κ1) is 20.0. The van der Waals surface area contributed by atoms with Crippen molar-refractivity contribution in [1.29, 1.82) is 0 Å². The predicted molar refractivity (Wildman–Crippen MR) is 111 cm³/mol. The van der Waals surface area contributed by atoms with Crippen molar-refractivity contribution in [1.82, 2.24) is 19.8 Å². The quantitative estimate of drug-likeness (QED) is 0.701. The second kappa shape index (κ2) is 9.45. The van der Waals surface area contributed by atoms with E-state index >= 15 is 0 Å². The van der Waals surface area contributed by atoms with Gasteiger partial charge in [-0.1, -0.05) is 12.1 Å². The third kappa shape index (κ3) is 5.62. The fourth-order valence-electron chi connectivity index (χ4n) is 2.81. The zero-order valence-electron chi connectivity index (χ0n) is 16.4. The van der Waals surface area contributed by atoms with Gasteiger partial charge < -0.3 is 15.1 Å². The second-order valence-electron chi connectivity index (χ2n) is 6.78. The molecular weight excluding hydrogens is 366 g/mol. The van der Waals surface area contributed by atoms with Crippen LogP contribution in [0, 0.1) is 0 Å². The highest BCUT2D eigenvalue weighted by Crippen LogP contribution is 2.15. The zero-order valence-corrected chi connectivity index (χ0v) is 16.4. The SMILES string of the molecule is CN(C)C(=O)c1cccc(NC(=O)N(Cc2ccncc2)Cc2cccnc2)c1. The number of urea groups is 1. The van der Waals surface area contributed by atoms with E-state index in [-0.39, 0.29) is 11.9 Å².